The van der Waals surface area contributed by atoms with Crippen molar-refractivity contribution < 1.29 is 27.5 Å². The van der Waals surface area contributed by atoms with E-state index in [2.05, 4.69) is 10.6 Å². The Balaban J connectivity index is 2.08. The van der Waals surface area contributed by atoms with Gasteiger partial charge in [-0.3, -0.25) is 9.59 Å². The Morgan fingerprint density at radius 3 is 2.56 bits per heavy atom. The maximum absolute atomic E-state index is 12.9. The SMILES string of the molecule is CN(C)c1ccc(C(F)(F)F)cc1NC(=O)C(=O)NC[C@H]1CCCO1. The number of amides is 2. The van der Waals surface area contributed by atoms with Crippen LogP contribution in [0.15, 0.2) is 18.2 Å². The van der Waals surface area contributed by atoms with Crippen molar-refractivity contribution in [1.82, 2.24) is 5.32 Å². The first-order valence-electron chi connectivity index (χ1n) is 7.78. The summed E-state index contributed by atoms with van der Waals surface area (Å²) >= 11 is 0. The molecule has 0 spiro atoms. The first kappa shape index (κ1) is 19.0. The highest BCUT2D eigenvalue weighted by atomic mass is 19.4. The van der Waals surface area contributed by atoms with E-state index in [0.29, 0.717) is 12.3 Å². The standard InChI is InChI=1S/C16H20F3N3O3/c1-22(2)13-6-5-10(16(17,18)19)8-12(13)21-15(24)14(23)20-9-11-4-3-7-25-11/h5-6,8,11H,3-4,7,9H2,1-2H3,(H,20,23)(H,21,24)/t11-/m1/s1. The molecule has 1 saturated heterocycles. The Morgan fingerprint density at radius 2 is 2.00 bits per heavy atom. The molecule has 0 bridgehead atoms. The van der Waals surface area contributed by atoms with Gasteiger partial charge < -0.3 is 20.3 Å². The number of hydrogen-bond donors (Lipinski definition) is 2. The second kappa shape index (κ2) is 7.73. The third kappa shape index (κ3) is 5.09. The molecular formula is C16H20F3N3O3. The second-order valence-corrected chi connectivity index (χ2v) is 5.92. The van der Waals surface area contributed by atoms with Crippen molar-refractivity contribution in [3.8, 4) is 0 Å². The Kier molecular flexibility index (Phi) is 5.89. The molecule has 6 nitrogen and oxygen atoms in total. The monoisotopic (exact) mass is 359 g/mol. The lowest BCUT2D eigenvalue weighted by atomic mass is 10.1. The Morgan fingerprint density at radius 1 is 1.28 bits per heavy atom. The number of carbonyl (C=O) groups excluding carboxylic acids is 2. The highest BCUT2D eigenvalue weighted by molar-refractivity contribution is 6.40. The van der Waals surface area contributed by atoms with E-state index in [1.807, 2.05) is 0 Å². The molecule has 1 aromatic rings. The maximum atomic E-state index is 12.9. The van der Waals surface area contributed by atoms with Crippen molar-refractivity contribution >= 4 is 23.2 Å². The van der Waals surface area contributed by atoms with Gasteiger partial charge in [0.25, 0.3) is 0 Å². The Bertz CT molecular complexity index is 641. The molecular weight excluding hydrogens is 339 g/mol. The summed E-state index contributed by atoms with van der Waals surface area (Å²) in [6, 6.07) is 2.96. The van der Waals surface area contributed by atoms with Crippen LogP contribution < -0.4 is 15.5 Å². The van der Waals surface area contributed by atoms with Crippen LogP contribution in [0.3, 0.4) is 0 Å². The van der Waals surface area contributed by atoms with Crippen LogP contribution in [0, 0.1) is 0 Å². The molecule has 1 aromatic carbocycles. The van der Waals surface area contributed by atoms with Gasteiger partial charge in [-0.2, -0.15) is 13.2 Å². The van der Waals surface area contributed by atoms with Crippen LogP contribution in [0.5, 0.6) is 0 Å². The highest BCUT2D eigenvalue weighted by Gasteiger charge is 2.31. The van der Waals surface area contributed by atoms with E-state index < -0.39 is 23.6 Å². The fourth-order valence-electron chi connectivity index (χ4n) is 2.47. The molecule has 0 unspecified atom stereocenters. The molecule has 0 saturated carbocycles. The molecule has 9 heteroatoms. The van der Waals surface area contributed by atoms with E-state index in [1.54, 1.807) is 19.0 Å². The number of rotatable bonds is 4. The van der Waals surface area contributed by atoms with Gasteiger partial charge in [0.2, 0.25) is 0 Å². The fraction of sp³-hybridized carbons (Fsp3) is 0.500. The minimum absolute atomic E-state index is 0.0860. The third-order valence-corrected chi connectivity index (χ3v) is 3.77. The molecule has 0 aromatic heterocycles. The van der Waals surface area contributed by atoms with Gasteiger partial charge in [-0.05, 0) is 31.0 Å². The smallest absolute Gasteiger partial charge is 0.376 e. The number of anilines is 2. The highest BCUT2D eigenvalue weighted by Crippen LogP contribution is 2.34. The zero-order valence-corrected chi connectivity index (χ0v) is 13.9. The predicted octanol–water partition coefficient (Wildman–Crippen LogP) is 2.01. The molecule has 1 fully saturated rings. The summed E-state index contributed by atoms with van der Waals surface area (Å²) in [4.78, 5) is 25.4. The summed E-state index contributed by atoms with van der Waals surface area (Å²) in [6.07, 6.45) is -3.00. The molecule has 138 valence electrons. The minimum Gasteiger partial charge on any atom is -0.376 e. The maximum Gasteiger partial charge on any atom is 0.416 e. The van der Waals surface area contributed by atoms with Crippen molar-refractivity contribution in [2.45, 2.75) is 25.1 Å². The van der Waals surface area contributed by atoms with E-state index in [9.17, 15) is 22.8 Å². The van der Waals surface area contributed by atoms with Gasteiger partial charge in [0.15, 0.2) is 0 Å². The molecule has 2 rings (SSSR count). The molecule has 1 heterocycles. The quantitative estimate of drug-likeness (QED) is 0.807. The van der Waals surface area contributed by atoms with Crippen molar-refractivity contribution in [2.75, 3.05) is 37.5 Å². The van der Waals surface area contributed by atoms with Gasteiger partial charge in [0.1, 0.15) is 0 Å². The van der Waals surface area contributed by atoms with Crippen molar-refractivity contribution in [1.29, 1.82) is 0 Å². The van der Waals surface area contributed by atoms with Crippen LogP contribution >= 0.6 is 0 Å². The topological polar surface area (TPSA) is 70.7 Å². The molecule has 0 radical (unpaired) electrons. The lowest BCUT2D eigenvalue weighted by Gasteiger charge is -2.19. The summed E-state index contributed by atoms with van der Waals surface area (Å²) in [7, 11) is 3.24. The number of nitrogens with zero attached hydrogens (tertiary/aromatic N) is 1. The van der Waals surface area contributed by atoms with Gasteiger partial charge in [-0.15, -0.1) is 0 Å². The third-order valence-electron chi connectivity index (χ3n) is 3.77. The number of halogens is 3. The normalized spacial score (nSPS) is 17.2. The number of hydrogen-bond acceptors (Lipinski definition) is 4. The number of carbonyl (C=O) groups is 2. The van der Waals surface area contributed by atoms with Crippen LogP contribution in [0.25, 0.3) is 0 Å². The van der Waals surface area contributed by atoms with E-state index in [1.165, 1.54) is 6.07 Å². The van der Waals surface area contributed by atoms with Crippen LogP contribution in [0.1, 0.15) is 18.4 Å². The number of nitrogens with one attached hydrogen (secondary N) is 2. The van der Waals surface area contributed by atoms with Crippen molar-refractivity contribution in [3.05, 3.63) is 23.8 Å². The van der Waals surface area contributed by atoms with Crippen molar-refractivity contribution in [3.63, 3.8) is 0 Å². The van der Waals surface area contributed by atoms with Crippen LogP contribution in [-0.2, 0) is 20.5 Å². The van der Waals surface area contributed by atoms with Crippen molar-refractivity contribution in [2.24, 2.45) is 0 Å². The second-order valence-electron chi connectivity index (χ2n) is 5.92. The van der Waals surface area contributed by atoms with Gasteiger partial charge in [-0.25, -0.2) is 0 Å². The fourth-order valence-corrected chi connectivity index (χ4v) is 2.47. The molecule has 2 N–H and O–H groups in total. The zero-order chi connectivity index (χ0) is 18.6. The van der Waals surface area contributed by atoms with Crippen LogP contribution in [-0.4, -0.2) is 45.2 Å². The summed E-state index contributed by atoms with van der Waals surface area (Å²) < 4.78 is 43.9. The van der Waals surface area contributed by atoms with E-state index in [0.717, 1.165) is 25.0 Å². The molecule has 2 amide bonds. The largest absolute Gasteiger partial charge is 0.416 e. The van der Waals surface area contributed by atoms with E-state index in [4.69, 9.17) is 4.74 Å². The Labute approximate surface area is 143 Å². The summed E-state index contributed by atoms with van der Waals surface area (Å²) in [5, 5.41) is 4.67. The molecule has 1 aliphatic rings. The number of benzene rings is 1. The first-order chi connectivity index (χ1) is 11.7. The number of alkyl halides is 3. The summed E-state index contributed by atoms with van der Waals surface area (Å²) in [6.45, 7) is 0.804. The van der Waals surface area contributed by atoms with E-state index >= 15 is 0 Å². The van der Waals surface area contributed by atoms with E-state index in [-0.39, 0.29) is 18.3 Å². The van der Waals surface area contributed by atoms with Gasteiger partial charge in [0.05, 0.1) is 23.0 Å². The molecule has 1 atom stereocenters. The average Bonchev–Trinajstić information content (AvgIpc) is 3.04. The minimum atomic E-state index is -4.55. The zero-order valence-electron chi connectivity index (χ0n) is 13.9. The van der Waals surface area contributed by atoms with Crippen LogP contribution in [0.4, 0.5) is 24.5 Å². The lowest BCUT2D eigenvalue weighted by molar-refractivity contribution is -0.137. The van der Waals surface area contributed by atoms with Gasteiger partial charge in [-0.1, -0.05) is 0 Å². The lowest BCUT2D eigenvalue weighted by Crippen LogP contribution is -2.39. The number of ether oxygens (including phenoxy) is 1. The van der Waals surface area contributed by atoms with Gasteiger partial charge in [0, 0.05) is 27.2 Å². The summed E-state index contributed by atoms with van der Waals surface area (Å²) in [5.74, 6) is -1.95. The van der Waals surface area contributed by atoms with Gasteiger partial charge >= 0.3 is 18.0 Å². The molecule has 25 heavy (non-hydrogen) atoms. The average molecular weight is 359 g/mol. The Hall–Kier alpha value is -2.29. The first-order valence-corrected chi connectivity index (χ1v) is 7.78. The predicted molar refractivity (Wildman–Crippen MR) is 86.4 cm³/mol. The van der Waals surface area contributed by atoms with Crippen LogP contribution in [0.2, 0.25) is 0 Å². The molecule has 0 aliphatic carbocycles. The summed E-state index contributed by atoms with van der Waals surface area (Å²) in [5.41, 5.74) is -0.640. The molecule has 1 aliphatic heterocycles.